The highest BCUT2D eigenvalue weighted by Gasteiger charge is 2.24. The summed E-state index contributed by atoms with van der Waals surface area (Å²) >= 11 is 0. The lowest BCUT2D eigenvalue weighted by atomic mass is 10.0. The third-order valence-corrected chi connectivity index (χ3v) is 6.85. The molecule has 0 saturated heterocycles. The van der Waals surface area contributed by atoms with Gasteiger partial charge in [-0.25, -0.2) is 8.42 Å². The van der Waals surface area contributed by atoms with E-state index in [1.54, 1.807) is 54.9 Å². The van der Waals surface area contributed by atoms with Crippen molar-refractivity contribution in [3.05, 3.63) is 93.5 Å². The Balaban J connectivity index is 2.05. The monoisotopic (exact) mass is 402 g/mol. The van der Waals surface area contributed by atoms with Crippen LogP contribution >= 0.6 is 0 Å². The molecule has 2 N–H and O–H groups in total. The van der Waals surface area contributed by atoms with Crippen LogP contribution in [0.2, 0.25) is 0 Å². The molecule has 0 amide bonds. The Labute approximate surface area is 164 Å². The Kier molecular flexibility index (Phi) is 3.69. The van der Waals surface area contributed by atoms with Crippen molar-refractivity contribution in [3.8, 4) is 0 Å². The minimum Gasteiger partial charge on any atom is -0.358 e. The van der Waals surface area contributed by atoms with Gasteiger partial charge in [-0.1, -0.05) is 42.5 Å². The van der Waals surface area contributed by atoms with Crippen molar-refractivity contribution in [2.45, 2.75) is 9.79 Å². The number of hydrogen-bond acceptors (Lipinski definition) is 4. The van der Waals surface area contributed by atoms with Gasteiger partial charge in [-0.15, -0.1) is 0 Å². The highest BCUT2D eigenvalue weighted by Crippen LogP contribution is 2.30. The first-order valence-corrected chi connectivity index (χ1v) is 10.4. The van der Waals surface area contributed by atoms with Gasteiger partial charge >= 0.3 is 0 Å². The van der Waals surface area contributed by atoms with E-state index in [9.17, 15) is 18.0 Å². The van der Waals surface area contributed by atoms with Gasteiger partial charge in [-0.3, -0.25) is 9.59 Å². The van der Waals surface area contributed by atoms with Crippen molar-refractivity contribution in [3.63, 3.8) is 0 Å². The van der Waals surface area contributed by atoms with E-state index in [1.165, 1.54) is 18.2 Å². The van der Waals surface area contributed by atoms with Crippen molar-refractivity contribution >= 4 is 42.4 Å². The van der Waals surface area contributed by atoms with Gasteiger partial charge in [-0.2, -0.15) is 0 Å². The van der Waals surface area contributed by atoms with Gasteiger partial charge in [0, 0.05) is 28.6 Å². The number of H-pyrrole nitrogens is 2. The summed E-state index contributed by atoms with van der Waals surface area (Å²) in [5, 5.41) is 0.827. The second-order valence-electron chi connectivity index (χ2n) is 6.69. The maximum atomic E-state index is 13.3. The smallest absolute Gasteiger partial charge is 0.208 e. The van der Waals surface area contributed by atoms with Crippen LogP contribution in [-0.4, -0.2) is 18.4 Å². The summed E-state index contributed by atoms with van der Waals surface area (Å²) in [4.78, 5) is 32.2. The maximum Gasteiger partial charge on any atom is 0.208 e. The Hall–Kier alpha value is -3.71. The van der Waals surface area contributed by atoms with Crippen LogP contribution in [0.15, 0.2) is 92.4 Å². The van der Waals surface area contributed by atoms with Crippen LogP contribution in [0.4, 0.5) is 0 Å². The third-order valence-electron chi connectivity index (χ3n) is 5.06. The number of sulfone groups is 1. The molecular weight excluding hydrogens is 388 g/mol. The summed E-state index contributed by atoms with van der Waals surface area (Å²) in [6.45, 7) is 0. The zero-order valence-electron chi connectivity index (χ0n) is 15.0. The van der Waals surface area contributed by atoms with Gasteiger partial charge in [0.05, 0.1) is 26.2 Å². The van der Waals surface area contributed by atoms with Gasteiger partial charge in [-0.05, 0) is 18.2 Å². The molecule has 0 bridgehead atoms. The molecule has 1 heterocycles. The summed E-state index contributed by atoms with van der Waals surface area (Å²) in [5.74, 6) is 0. The highest BCUT2D eigenvalue weighted by molar-refractivity contribution is 7.91. The number of fused-ring (bicyclic) bond motifs is 4. The van der Waals surface area contributed by atoms with E-state index in [0.29, 0.717) is 5.39 Å². The molecule has 0 unspecified atom stereocenters. The van der Waals surface area contributed by atoms with Crippen LogP contribution in [0.1, 0.15) is 0 Å². The molecule has 7 heteroatoms. The Morgan fingerprint density at radius 1 is 0.655 bits per heavy atom. The van der Waals surface area contributed by atoms with E-state index in [1.807, 2.05) is 0 Å². The summed E-state index contributed by atoms with van der Waals surface area (Å²) in [5.41, 5.74) is -0.165. The molecule has 0 aliphatic heterocycles. The van der Waals surface area contributed by atoms with Crippen molar-refractivity contribution < 1.29 is 8.42 Å². The van der Waals surface area contributed by atoms with E-state index in [4.69, 9.17) is 0 Å². The zero-order valence-corrected chi connectivity index (χ0v) is 15.8. The Morgan fingerprint density at radius 3 is 1.93 bits per heavy atom. The quantitative estimate of drug-likeness (QED) is 0.349. The van der Waals surface area contributed by atoms with Gasteiger partial charge < -0.3 is 9.97 Å². The van der Waals surface area contributed by atoms with Crippen LogP contribution in [-0.2, 0) is 9.84 Å². The lowest BCUT2D eigenvalue weighted by molar-refractivity contribution is 0.597. The van der Waals surface area contributed by atoms with Crippen molar-refractivity contribution in [2.75, 3.05) is 0 Å². The fourth-order valence-corrected chi connectivity index (χ4v) is 5.18. The fourth-order valence-electron chi connectivity index (χ4n) is 3.71. The number of nitrogens with one attached hydrogen (secondary N) is 2. The number of benzene rings is 4. The molecule has 5 aromatic rings. The predicted octanol–water partition coefficient (Wildman–Crippen LogP) is 3.36. The lowest BCUT2D eigenvalue weighted by Gasteiger charge is -2.11. The molecule has 6 nitrogen and oxygen atoms in total. The van der Waals surface area contributed by atoms with E-state index in [0.717, 1.165) is 0 Å². The average Bonchev–Trinajstić information content (AvgIpc) is 2.77. The van der Waals surface area contributed by atoms with E-state index >= 15 is 0 Å². The SMILES string of the molecule is O=c1c2ccccc2c(=O)c2c1cc(S(=O)(=O)c1ccccc1)c1[nH]cc[nH]c12. The normalized spacial score (nSPS) is 12.0. The van der Waals surface area contributed by atoms with Crippen LogP contribution in [0, 0.1) is 0 Å². The molecule has 142 valence electrons. The number of aromatic nitrogens is 2. The molecule has 5 rings (SSSR count). The van der Waals surface area contributed by atoms with Gasteiger partial charge in [0.15, 0.2) is 10.9 Å². The summed E-state index contributed by atoms with van der Waals surface area (Å²) < 4.78 is 26.7. The largest absolute Gasteiger partial charge is 0.358 e. The Bertz CT molecular complexity index is 1650. The first-order valence-electron chi connectivity index (χ1n) is 8.88. The predicted molar refractivity (Wildman–Crippen MR) is 112 cm³/mol. The molecular formula is C22H14N2O4S. The fraction of sp³-hybridized carbons (Fsp3) is 0. The summed E-state index contributed by atoms with van der Waals surface area (Å²) in [6, 6.07) is 15.8. The molecule has 1 aromatic heterocycles. The van der Waals surface area contributed by atoms with Crippen molar-refractivity contribution in [1.82, 2.24) is 9.97 Å². The summed E-state index contributed by atoms with van der Waals surface area (Å²) in [7, 11) is -3.93. The summed E-state index contributed by atoms with van der Waals surface area (Å²) in [6.07, 6.45) is 3.10. The first kappa shape index (κ1) is 17.4. The molecule has 0 fully saturated rings. The Morgan fingerprint density at radius 2 is 1.24 bits per heavy atom. The van der Waals surface area contributed by atoms with Crippen molar-refractivity contribution in [2.24, 2.45) is 0 Å². The number of rotatable bonds is 2. The van der Waals surface area contributed by atoms with Gasteiger partial charge in [0.1, 0.15) is 0 Å². The highest BCUT2D eigenvalue weighted by atomic mass is 32.2. The molecule has 0 saturated carbocycles. The van der Waals surface area contributed by atoms with Crippen LogP contribution in [0.5, 0.6) is 0 Å². The molecule has 0 aliphatic carbocycles. The van der Waals surface area contributed by atoms with E-state index in [2.05, 4.69) is 9.97 Å². The van der Waals surface area contributed by atoms with Crippen LogP contribution in [0.3, 0.4) is 0 Å². The van der Waals surface area contributed by atoms with E-state index < -0.39 is 9.84 Å². The standard InChI is InChI=1S/C22H14N2O4S/c25-21-14-8-4-5-9-15(14)22(26)18-16(21)12-17(19-20(18)24-11-10-23-19)29(27,28)13-6-2-1-3-7-13/h1-12,23-24H. The number of hydrogen-bond donors (Lipinski definition) is 2. The average molecular weight is 402 g/mol. The van der Waals surface area contributed by atoms with Crippen molar-refractivity contribution in [1.29, 1.82) is 0 Å². The molecule has 4 aromatic carbocycles. The van der Waals surface area contributed by atoms with Gasteiger partial charge in [0.25, 0.3) is 0 Å². The molecule has 0 atom stereocenters. The molecule has 0 spiro atoms. The van der Waals surface area contributed by atoms with Crippen LogP contribution < -0.4 is 10.9 Å². The topological polar surface area (TPSA) is 99.9 Å². The minimum absolute atomic E-state index is 0.0603. The second kappa shape index (κ2) is 6.15. The number of aromatic amines is 2. The minimum atomic E-state index is -3.93. The molecule has 0 radical (unpaired) electrons. The molecule has 29 heavy (non-hydrogen) atoms. The van der Waals surface area contributed by atoms with Crippen LogP contribution in [0.25, 0.3) is 32.6 Å². The first-order chi connectivity index (χ1) is 14.0. The second-order valence-corrected chi connectivity index (χ2v) is 8.61. The maximum absolute atomic E-state index is 13.3. The third kappa shape index (κ3) is 2.44. The lowest BCUT2D eigenvalue weighted by Crippen LogP contribution is -2.15. The molecule has 0 aliphatic rings. The van der Waals surface area contributed by atoms with E-state index in [-0.39, 0.29) is 47.8 Å². The zero-order chi connectivity index (χ0) is 20.2. The van der Waals surface area contributed by atoms with Gasteiger partial charge in [0.2, 0.25) is 9.84 Å².